The second kappa shape index (κ2) is 6.46. The molecule has 2 nitrogen and oxygen atoms in total. The van der Waals surface area contributed by atoms with Crippen molar-refractivity contribution in [1.29, 1.82) is 0 Å². The van der Waals surface area contributed by atoms with Gasteiger partial charge in [-0.3, -0.25) is 4.90 Å². The van der Waals surface area contributed by atoms with Crippen LogP contribution in [0.3, 0.4) is 0 Å². The molecule has 3 atom stereocenters. The van der Waals surface area contributed by atoms with E-state index in [2.05, 4.69) is 37.9 Å². The van der Waals surface area contributed by atoms with Gasteiger partial charge in [0.05, 0.1) is 0 Å². The molecule has 1 saturated carbocycles. The van der Waals surface area contributed by atoms with E-state index < -0.39 is 0 Å². The van der Waals surface area contributed by atoms with Gasteiger partial charge in [0.2, 0.25) is 0 Å². The Labute approximate surface area is 128 Å². The third-order valence-electron chi connectivity index (χ3n) is 5.45. The van der Waals surface area contributed by atoms with Crippen molar-refractivity contribution in [2.45, 2.75) is 45.2 Å². The van der Waals surface area contributed by atoms with Gasteiger partial charge in [0.15, 0.2) is 0 Å². The highest BCUT2D eigenvalue weighted by Crippen LogP contribution is 2.41. The Hall–Kier alpha value is -0.570. The van der Waals surface area contributed by atoms with E-state index in [-0.39, 0.29) is 5.54 Å². The standard InChI is InChI=1S/C17H27ClN2/c1-13-7-6-10-17(12-19,14(13)2)20(3)11-15-8-4-5-9-16(15)18/h4-5,8-9,13-14H,6-7,10-12,19H2,1-3H3. The number of hydrogen-bond acceptors (Lipinski definition) is 2. The fraction of sp³-hybridized carbons (Fsp3) is 0.647. The van der Waals surface area contributed by atoms with Crippen molar-refractivity contribution in [2.75, 3.05) is 13.6 Å². The summed E-state index contributed by atoms with van der Waals surface area (Å²) in [6.45, 7) is 6.31. The molecular formula is C17H27ClN2. The van der Waals surface area contributed by atoms with Crippen LogP contribution < -0.4 is 5.73 Å². The van der Waals surface area contributed by atoms with Gasteiger partial charge in [-0.2, -0.15) is 0 Å². The molecule has 0 bridgehead atoms. The predicted octanol–water partition coefficient (Wildman–Crippen LogP) is 3.93. The molecule has 0 aromatic heterocycles. The maximum atomic E-state index is 6.30. The van der Waals surface area contributed by atoms with E-state index in [9.17, 15) is 0 Å². The molecule has 3 heteroatoms. The largest absolute Gasteiger partial charge is 0.329 e. The minimum atomic E-state index is 0.108. The molecule has 1 aliphatic carbocycles. The fourth-order valence-electron chi connectivity index (χ4n) is 3.76. The van der Waals surface area contributed by atoms with E-state index in [1.54, 1.807) is 0 Å². The van der Waals surface area contributed by atoms with Crippen LogP contribution in [-0.2, 0) is 6.54 Å². The molecule has 3 unspecified atom stereocenters. The van der Waals surface area contributed by atoms with Gasteiger partial charge in [-0.15, -0.1) is 0 Å². The van der Waals surface area contributed by atoms with E-state index in [0.29, 0.717) is 5.92 Å². The zero-order valence-corrected chi connectivity index (χ0v) is 13.7. The normalized spacial score (nSPS) is 30.7. The fourth-order valence-corrected chi connectivity index (χ4v) is 3.95. The molecule has 1 aromatic rings. The Balaban J connectivity index is 2.21. The van der Waals surface area contributed by atoms with E-state index in [4.69, 9.17) is 17.3 Å². The molecule has 1 fully saturated rings. The van der Waals surface area contributed by atoms with Crippen molar-refractivity contribution < 1.29 is 0 Å². The topological polar surface area (TPSA) is 29.3 Å². The summed E-state index contributed by atoms with van der Waals surface area (Å²) in [5.74, 6) is 1.36. The first-order chi connectivity index (χ1) is 9.51. The van der Waals surface area contributed by atoms with Crippen molar-refractivity contribution >= 4 is 11.6 Å². The first-order valence-corrected chi connectivity index (χ1v) is 8.04. The molecule has 1 aliphatic rings. The molecule has 2 N–H and O–H groups in total. The quantitative estimate of drug-likeness (QED) is 0.912. The molecule has 0 spiro atoms. The third-order valence-corrected chi connectivity index (χ3v) is 5.82. The first kappa shape index (κ1) is 15.8. The predicted molar refractivity (Wildman–Crippen MR) is 86.9 cm³/mol. The van der Waals surface area contributed by atoms with Crippen LogP contribution in [0.1, 0.15) is 38.7 Å². The molecular weight excluding hydrogens is 268 g/mol. The van der Waals surface area contributed by atoms with Gasteiger partial charge in [0.25, 0.3) is 0 Å². The molecule has 0 heterocycles. The SMILES string of the molecule is CC1CCCC(CN)(N(C)Cc2ccccc2Cl)C1C. The summed E-state index contributed by atoms with van der Waals surface area (Å²) < 4.78 is 0. The number of likely N-dealkylation sites (N-methyl/N-ethyl adjacent to an activating group) is 1. The molecule has 0 amide bonds. The highest BCUT2D eigenvalue weighted by atomic mass is 35.5. The number of nitrogens with two attached hydrogens (primary N) is 1. The Kier molecular flexibility index (Phi) is 5.11. The van der Waals surface area contributed by atoms with E-state index >= 15 is 0 Å². The van der Waals surface area contributed by atoms with Crippen LogP contribution >= 0.6 is 11.6 Å². The van der Waals surface area contributed by atoms with Crippen molar-refractivity contribution in [3.05, 3.63) is 34.9 Å². The second-order valence-corrected chi connectivity index (χ2v) is 6.82. The highest BCUT2D eigenvalue weighted by Gasteiger charge is 2.43. The molecule has 0 saturated heterocycles. The Morgan fingerprint density at radius 1 is 1.35 bits per heavy atom. The van der Waals surface area contributed by atoms with Crippen LogP contribution in [0.25, 0.3) is 0 Å². The zero-order valence-electron chi connectivity index (χ0n) is 12.9. The summed E-state index contributed by atoms with van der Waals surface area (Å²) in [5.41, 5.74) is 7.51. The molecule has 1 aromatic carbocycles. The van der Waals surface area contributed by atoms with Crippen LogP contribution in [0.4, 0.5) is 0 Å². The van der Waals surface area contributed by atoms with E-state index in [1.165, 1.54) is 24.8 Å². The summed E-state index contributed by atoms with van der Waals surface area (Å²) >= 11 is 6.30. The Morgan fingerprint density at radius 3 is 2.70 bits per heavy atom. The first-order valence-electron chi connectivity index (χ1n) is 7.66. The summed E-state index contributed by atoms with van der Waals surface area (Å²) in [5, 5.41) is 0.850. The molecule has 2 rings (SSSR count). The van der Waals surface area contributed by atoms with Crippen LogP contribution in [0.5, 0.6) is 0 Å². The van der Waals surface area contributed by atoms with Crippen molar-refractivity contribution in [3.8, 4) is 0 Å². The lowest BCUT2D eigenvalue weighted by Crippen LogP contribution is -2.59. The van der Waals surface area contributed by atoms with Gasteiger partial charge in [0.1, 0.15) is 0 Å². The van der Waals surface area contributed by atoms with Crippen LogP contribution in [0.15, 0.2) is 24.3 Å². The van der Waals surface area contributed by atoms with E-state index in [1.807, 2.05) is 12.1 Å². The minimum absolute atomic E-state index is 0.108. The molecule has 20 heavy (non-hydrogen) atoms. The van der Waals surface area contributed by atoms with Gasteiger partial charge < -0.3 is 5.73 Å². The number of hydrogen-bond donors (Lipinski definition) is 1. The van der Waals surface area contributed by atoms with E-state index in [0.717, 1.165) is 24.0 Å². The smallest absolute Gasteiger partial charge is 0.0451 e. The molecule has 112 valence electrons. The molecule has 0 radical (unpaired) electrons. The van der Waals surface area contributed by atoms with Gasteiger partial charge in [-0.1, -0.05) is 56.5 Å². The second-order valence-electron chi connectivity index (χ2n) is 6.41. The average Bonchev–Trinajstić information content (AvgIpc) is 2.44. The Bertz CT molecular complexity index is 448. The highest BCUT2D eigenvalue weighted by molar-refractivity contribution is 6.31. The van der Waals surface area contributed by atoms with Gasteiger partial charge >= 0.3 is 0 Å². The summed E-state index contributed by atoms with van der Waals surface area (Å²) in [6, 6.07) is 8.11. The third kappa shape index (κ3) is 2.88. The Morgan fingerprint density at radius 2 is 2.05 bits per heavy atom. The summed E-state index contributed by atoms with van der Waals surface area (Å²) in [6.07, 6.45) is 3.79. The van der Waals surface area contributed by atoms with Crippen LogP contribution in [-0.4, -0.2) is 24.0 Å². The maximum absolute atomic E-state index is 6.30. The summed E-state index contributed by atoms with van der Waals surface area (Å²) in [4.78, 5) is 2.44. The monoisotopic (exact) mass is 294 g/mol. The van der Waals surface area contributed by atoms with Gasteiger partial charge in [-0.25, -0.2) is 0 Å². The minimum Gasteiger partial charge on any atom is -0.329 e. The maximum Gasteiger partial charge on any atom is 0.0451 e. The zero-order chi connectivity index (χ0) is 14.8. The average molecular weight is 295 g/mol. The lowest BCUT2D eigenvalue weighted by molar-refractivity contribution is 0.00139. The van der Waals surface area contributed by atoms with Crippen LogP contribution in [0.2, 0.25) is 5.02 Å². The number of benzene rings is 1. The van der Waals surface area contributed by atoms with Gasteiger partial charge in [-0.05, 0) is 36.9 Å². The number of nitrogens with zero attached hydrogens (tertiary/aromatic N) is 1. The molecule has 0 aliphatic heterocycles. The lowest BCUT2D eigenvalue weighted by Gasteiger charge is -2.51. The summed E-state index contributed by atoms with van der Waals surface area (Å²) in [7, 11) is 2.20. The lowest BCUT2D eigenvalue weighted by atomic mass is 9.67. The van der Waals surface area contributed by atoms with Gasteiger partial charge in [0, 0.05) is 23.7 Å². The van der Waals surface area contributed by atoms with Crippen molar-refractivity contribution in [3.63, 3.8) is 0 Å². The van der Waals surface area contributed by atoms with Crippen LogP contribution in [0, 0.1) is 11.8 Å². The number of rotatable bonds is 4. The van der Waals surface area contributed by atoms with Crippen molar-refractivity contribution in [1.82, 2.24) is 4.90 Å². The van der Waals surface area contributed by atoms with Crippen molar-refractivity contribution in [2.24, 2.45) is 17.6 Å². The number of halogens is 1.